The molecule has 0 aromatic heterocycles. The van der Waals surface area contributed by atoms with Gasteiger partial charge in [0, 0.05) is 26.7 Å². The first-order valence-corrected chi connectivity index (χ1v) is 4.38. The Labute approximate surface area is 79.6 Å². The summed E-state index contributed by atoms with van der Waals surface area (Å²) in [7, 11) is 1.61. The highest BCUT2D eigenvalue weighted by Crippen LogP contribution is 1.90. The van der Waals surface area contributed by atoms with Crippen LogP contribution in [0.2, 0.25) is 0 Å². The van der Waals surface area contributed by atoms with Crippen molar-refractivity contribution in [3.05, 3.63) is 12.7 Å². The molecule has 0 aliphatic heterocycles. The number of nitrogens with one attached hydrogen (secondary N) is 1. The standard InChI is InChI=1S/C9H18N2O2/c1-4-6-11(7-8-13-3)9(12)10-5-2/h4H,1,5-8H2,2-3H3,(H,10,12). The van der Waals surface area contributed by atoms with Crippen LogP contribution >= 0.6 is 0 Å². The Balaban J connectivity index is 3.90. The molecule has 4 nitrogen and oxygen atoms in total. The summed E-state index contributed by atoms with van der Waals surface area (Å²) in [5.41, 5.74) is 0. The largest absolute Gasteiger partial charge is 0.383 e. The summed E-state index contributed by atoms with van der Waals surface area (Å²) in [6.07, 6.45) is 1.70. The maximum Gasteiger partial charge on any atom is 0.317 e. The van der Waals surface area contributed by atoms with Crippen molar-refractivity contribution in [2.24, 2.45) is 0 Å². The van der Waals surface area contributed by atoms with Crippen molar-refractivity contribution in [1.82, 2.24) is 10.2 Å². The van der Waals surface area contributed by atoms with Crippen molar-refractivity contribution in [3.8, 4) is 0 Å². The van der Waals surface area contributed by atoms with E-state index in [9.17, 15) is 4.79 Å². The average molecular weight is 186 g/mol. The summed E-state index contributed by atoms with van der Waals surface area (Å²) in [6, 6.07) is -0.0700. The first-order valence-electron chi connectivity index (χ1n) is 4.38. The first kappa shape index (κ1) is 12.0. The molecule has 0 aromatic rings. The lowest BCUT2D eigenvalue weighted by Crippen LogP contribution is -2.41. The molecule has 0 saturated heterocycles. The molecular formula is C9H18N2O2. The molecule has 1 N–H and O–H groups in total. The third kappa shape index (κ3) is 5.25. The minimum Gasteiger partial charge on any atom is -0.383 e. The Morgan fingerprint density at radius 2 is 2.38 bits per heavy atom. The lowest BCUT2D eigenvalue weighted by molar-refractivity contribution is 0.154. The fourth-order valence-electron chi connectivity index (χ4n) is 0.896. The fourth-order valence-corrected chi connectivity index (χ4v) is 0.896. The highest BCUT2D eigenvalue weighted by Gasteiger charge is 2.09. The van der Waals surface area contributed by atoms with E-state index in [1.54, 1.807) is 18.1 Å². The van der Waals surface area contributed by atoms with Gasteiger partial charge in [0.05, 0.1) is 6.61 Å². The molecule has 2 amide bonds. The molecular weight excluding hydrogens is 168 g/mol. The molecule has 0 spiro atoms. The van der Waals surface area contributed by atoms with Crippen LogP contribution in [0, 0.1) is 0 Å². The Kier molecular flexibility index (Phi) is 7.01. The molecule has 0 aliphatic rings. The zero-order chi connectivity index (χ0) is 10.1. The van der Waals surface area contributed by atoms with Crippen LogP contribution in [0.1, 0.15) is 6.92 Å². The number of carbonyl (C=O) groups excluding carboxylic acids is 1. The zero-order valence-corrected chi connectivity index (χ0v) is 8.38. The SMILES string of the molecule is C=CCN(CCOC)C(=O)NCC. The van der Waals surface area contributed by atoms with Crippen molar-refractivity contribution in [1.29, 1.82) is 0 Å². The van der Waals surface area contributed by atoms with Gasteiger partial charge in [-0.2, -0.15) is 0 Å². The number of amides is 2. The Morgan fingerprint density at radius 3 is 2.85 bits per heavy atom. The van der Waals surface area contributed by atoms with E-state index in [1.165, 1.54) is 0 Å². The van der Waals surface area contributed by atoms with Gasteiger partial charge in [0.15, 0.2) is 0 Å². The monoisotopic (exact) mass is 186 g/mol. The predicted molar refractivity (Wildman–Crippen MR) is 52.7 cm³/mol. The molecule has 0 bridgehead atoms. The molecule has 0 unspecified atom stereocenters. The average Bonchev–Trinajstić information content (AvgIpc) is 2.12. The second-order valence-corrected chi connectivity index (χ2v) is 2.56. The molecule has 76 valence electrons. The second kappa shape index (κ2) is 7.61. The number of hydrogen-bond acceptors (Lipinski definition) is 2. The molecule has 0 saturated carbocycles. The van der Waals surface area contributed by atoms with Crippen molar-refractivity contribution >= 4 is 6.03 Å². The summed E-state index contributed by atoms with van der Waals surface area (Å²) in [5.74, 6) is 0. The van der Waals surface area contributed by atoms with Gasteiger partial charge in [0.2, 0.25) is 0 Å². The second-order valence-electron chi connectivity index (χ2n) is 2.56. The van der Waals surface area contributed by atoms with Gasteiger partial charge in [-0.05, 0) is 6.92 Å². The minimum absolute atomic E-state index is 0.0700. The third-order valence-electron chi connectivity index (χ3n) is 1.53. The maximum absolute atomic E-state index is 11.4. The van der Waals surface area contributed by atoms with Crippen molar-refractivity contribution in [3.63, 3.8) is 0 Å². The molecule has 0 atom stereocenters. The van der Waals surface area contributed by atoms with E-state index in [2.05, 4.69) is 11.9 Å². The van der Waals surface area contributed by atoms with Crippen molar-refractivity contribution < 1.29 is 9.53 Å². The van der Waals surface area contributed by atoms with E-state index < -0.39 is 0 Å². The molecule has 0 aromatic carbocycles. The van der Waals surface area contributed by atoms with E-state index in [1.807, 2.05) is 6.92 Å². The van der Waals surface area contributed by atoms with Crippen LogP contribution in [0.25, 0.3) is 0 Å². The Hall–Kier alpha value is -1.03. The van der Waals surface area contributed by atoms with E-state index >= 15 is 0 Å². The van der Waals surface area contributed by atoms with Gasteiger partial charge in [0.1, 0.15) is 0 Å². The predicted octanol–water partition coefficient (Wildman–Crippen LogP) is 0.850. The number of hydrogen-bond donors (Lipinski definition) is 1. The summed E-state index contributed by atoms with van der Waals surface area (Å²) < 4.78 is 4.89. The molecule has 0 rings (SSSR count). The van der Waals surface area contributed by atoms with Gasteiger partial charge in [-0.15, -0.1) is 6.58 Å². The Bertz CT molecular complexity index is 160. The van der Waals surface area contributed by atoms with Gasteiger partial charge in [-0.1, -0.05) is 6.08 Å². The summed E-state index contributed by atoms with van der Waals surface area (Å²) in [4.78, 5) is 13.0. The first-order chi connectivity index (χ1) is 6.26. The smallest absolute Gasteiger partial charge is 0.317 e. The lowest BCUT2D eigenvalue weighted by atomic mass is 10.5. The number of urea groups is 1. The van der Waals surface area contributed by atoms with Crippen LogP contribution in [0.5, 0.6) is 0 Å². The summed E-state index contributed by atoms with van der Waals surface area (Å²) in [6.45, 7) is 7.81. The zero-order valence-electron chi connectivity index (χ0n) is 8.38. The molecule has 0 fully saturated rings. The van der Waals surface area contributed by atoms with Gasteiger partial charge in [-0.25, -0.2) is 4.79 Å². The molecule has 13 heavy (non-hydrogen) atoms. The summed E-state index contributed by atoms with van der Waals surface area (Å²) in [5, 5.41) is 2.72. The van der Waals surface area contributed by atoms with E-state index in [4.69, 9.17) is 4.74 Å². The number of carbonyl (C=O) groups is 1. The number of nitrogens with zero attached hydrogens (tertiary/aromatic N) is 1. The van der Waals surface area contributed by atoms with Gasteiger partial charge in [0.25, 0.3) is 0 Å². The minimum atomic E-state index is -0.0700. The van der Waals surface area contributed by atoms with Crippen LogP contribution in [0.3, 0.4) is 0 Å². The number of methoxy groups -OCH3 is 1. The Morgan fingerprint density at radius 1 is 1.69 bits per heavy atom. The molecule has 4 heteroatoms. The van der Waals surface area contributed by atoms with Crippen LogP contribution < -0.4 is 5.32 Å². The van der Waals surface area contributed by atoms with Gasteiger partial charge < -0.3 is 15.0 Å². The topological polar surface area (TPSA) is 41.6 Å². The van der Waals surface area contributed by atoms with Crippen LogP contribution in [0.4, 0.5) is 4.79 Å². The van der Waals surface area contributed by atoms with E-state index in [-0.39, 0.29) is 6.03 Å². The van der Waals surface area contributed by atoms with Crippen molar-refractivity contribution in [2.75, 3.05) is 33.4 Å². The van der Waals surface area contributed by atoms with Crippen LogP contribution in [0.15, 0.2) is 12.7 Å². The quantitative estimate of drug-likeness (QED) is 0.625. The van der Waals surface area contributed by atoms with Gasteiger partial charge >= 0.3 is 6.03 Å². The van der Waals surface area contributed by atoms with Crippen molar-refractivity contribution in [2.45, 2.75) is 6.92 Å². The normalized spacial score (nSPS) is 9.38. The highest BCUT2D eigenvalue weighted by atomic mass is 16.5. The fraction of sp³-hybridized carbons (Fsp3) is 0.667. The number of rotatable bonds is 6. The molecule has 0 radical (unpaired) electrons. The highest BCUT2D eigenvalue weighted by molar-refractivity contribution is 5.74. The molecule has 0 heterocycles. The number of ether oxygens (including phenoxy) is 1. The van der Waals surface area contributed by atoms with Crippen LogP contribution in [-0.4, -0.2) is 44.3 Å². The van der Waals surface area contributed by atoms with Crippen LogP contribution in [-0.2, 0) is 4.74 Å². The van der Waals surface area contributed by atoms with Gasteiger partial charge in [-0.3, -0.25) is 0 Å². The maximum atomic E-state index is 11.4. The van der Waals surface area contributed by atoms with E-state index in [0.29, 0.717) is 26.2 Å². The third-order valence-corrected chi connectivity index (χ3v) is 1.53. The summed E-state index contributed by atoms with van der Waals surface area (Å²) >= 11 is 0. The lowest BCUT2D eigenvalue weighted by Gasteiger charge is -2.20. The van der Waals surface area contributed by atoms with E-state index in [0.717, 1.165) is 0 Å². The molecule has 0 aliphatic carbocycles.